The summed E-state index contributed by atoms with van der Waals surface area (Å²) in [5.74, 6) is 0.810. The van der Waals surface area contributed by atoms with Crippen LogP contribution in [0.4, 0.5) is 0 Å². The molecule has 1 saturated carbocycles. The number of rotatable bonds is 1. The van der Waals surface area contributed by atoms with Crippen molar-refractivity contribution < 1.29 is 0 Å². The Bertz CT molecular complexity index is 47.5. The van der Waals surface area contributed by atoms with Crippen molar-refractivity contribution >= 4 is 31.9 Å². The van der Waals surface area contributed by atoms with Gasteiger partial charge in [-0.25, -0.2) is 0 Å². The maximum atomic E-state index is 3.39. The highest BCUT2D eigenvalue weighted by Crippen LogP contribution is 2.38. The molecule has 0 N–H and O–H groups in total. The molecule has 0 heterocycles. The summed E-state index contributed by atoms with van der Waals surface area (Å²) < 4.78 is 0.532. The second kappa shape index (κ2) is 1.83. The zero-order valence-corrected chi connectivity index (χ0v) is 6.37. The molecule has 0 amide bonds. The van der Waals surface area contributed by atoms with E-state index < -0.39 is 0 Å². The highest BCUT2D eigenvalue weighted by atomic mass is 79.9. The molecule has 0 aliphatic heterocycles. The first-order chi connectivity index (χ1) is 2.80. The Morgan fingerprint density at radius 1 is 1.67 bits per heavy atom. The Balaban J connectivity index is 2.13. The third kappa shape index (κ3) is 1.23. The van der Waals surface area contributed by atoms with Crippen molar-refractivity contribution in [2.24, 2.45) is 5.92 Å². The van der Waals surface area contributed by atoms with E-state index in [9.17, 15) is 0 Å². The minimum Gasteiger partial charge on any atom is -0.0762 e. The molecule has 0 aromatic heterocycles. The predicted octanol–water partition coefficient (Wildman–Crippen LogP) is 2.33. The third-order valence-electron chi connectivity index (χ3n) is 0.832. The molecule has 6 heavy (non-hydrogen) atoms. The minimum absolute atomic E-state index is 0.532. The van der Waals surface area contributed by atoms with Crippen LogP contribution in [0.5, 0.6) is 0 Å². The highest BCUT2D eigenvalue weighted by Gasteiger charge is 2.27. The molecular weight excluding hydrogens is 208 g/mol. The lowest BCUT2D eigenvalue weighted by Crippen LogP contribution is -1.83. The van der Waals surface area contributed by atoms with Crippen molar-refractivity contribution in [2.45, 2.75) is 10.2 Å². The van der Waals surface area contributed by atoms with E-state index in [4.69, 9.17) is 0 Å². The molecule has 0 spiro atoms. The van der Waals surface area contributed by atoms with Crippen LogP contribution in [0.25, 0.3) is 0 Å². The van der Waals surface area contributed by atoms with Crippen LogP contribution in [0.1, 0.15) is 6.42 Å². The van der Waals surface area contributed by atoms with E-state index in [0.29, 0.717) is 3.74 Å². The number of alkyl halides is 2. The summed E-state index contributed by atoms with van der Waals surface area (Å²) in [6.07, 6.45) is 3.55. The average molecular weight is 213 g/mol. The van der Waals surface area contributed by atoms with Gasteiger partial charge in [0.15, 0.2) is 0 Å². The van der Waals surface area contributed by atoms with Gasteiger partial charge >= 0.3 is 0 Å². The first kappa shape index (κ1) is 5.10. The summed E-state index contributed by atoms with van der Waals surface area (Å²) >= 11 is 6.77. The summed E-state index contributed by atoms with van der Waals surface area (Å²) in [7, 11) is 0. The molecule has 2 heteroatoms. The molecule has 0 nitrogen and oxygen atoms in total. The van der Waals surface area contributed by atoms with Gasteiger partial charge in [-0.2, -0.15) is 0 Å². The fourth-order valence-electron chi connectivity index (χ4n) is 0.284. The van der Waals surface area contributed by atoms with Crippen LogP contribution in [0.3, 0.4) is 0 Å². The van der Waals surface area contributed by atoms with E-state index in [1.165, 1.54) is 6.42 Å². The summed E-state index contributed by atoms with van der Waals surface area (Å²) in [6, 6.07) is 0. The van der Waals surface area contributed by atoms with Crippen LogP contribution in [-0.4, -0.2) is 3.74 Å². The lowest BCUT2D eigenvalue weighted by molar-refractivity contribution is 1.01. The largest absolute Gasteiger partial charge is 0.0762 e. The van der Waals surface area contributed by atoms with Gasteiger partial charge in [0.25, 0.3) is 0 Å². The number of hydrogen-bond acceptors (Lipinski definition) is 0. The van der Waals surface area contributed by atoms with Gasteiger partial charge in [-0.05, 0) is 18.8 Å². The molecule has 1 rings (SSSR count). The van der Waals surface area contributed by atoms with Gasteiger partial charge in [-0.15, -0.1) is 0 Å². The Hall–Kier alpha value is 0.960. The quantitative estimate of drug-likeness (QED) is 0.586. The molecule has 1 fully saturated rings. The molecule has 35 valence electrons. The van der Waals surface area contributed by atoms with Crippen LogP contribution in [0.15, 0.2) is 0 Å². The van der Waals surface area contributed by atoms with Gasteiger partial charge in [-0.3, -0.25) is 0 Å². The van der Waals surface area contributed by atoms with Gasteiger partial charge in [0, 0.05) is 0 Å². The fourth-order valence-corrected chi connectivity index (χ4v) is 1.15. The van der Waals surface area contributed by atoms with E-state index in [2.05, 4.69) is 38.3 Å². The van der Waals surface area contributed by atoms with Gasteiger partial charge in [-0.1, -0.05) is 31.9 Å². The van der Waals surface area contributed by atoms with E-state index in [0.717, 1.165) is 5.92 Å². The lowest BCUT2D eigenvalue weighted by atomic mass is 10.5. The van der Waals surface area contributed by atoms with Crippen molar-refractivity contribution in [2.75, 3.05) is 0 Å². The second-order valence-electron chi connectivity index (χ2n) is 1.47. The van der Waals surface area contributed by atoms with E-state index in [1.807, 2.05) is 0 Å². The zero-order chi connectivity index (χ0) is 4.57. The molecule has 1 aliphatic carbocycles. The standard InChI is InChI=1S/C4H5Br2/c5-4(6)3-1-2-3/h1,3-4H,2H2. The van der Waals surface area contributed by atoms with Crippen molar-refractivity contribution in [3.05, 3.63) is 6.42 Å². The van der Waals surface area contributed by atoms with Crippen molar-refractivity contribution in [1.82, 2.24) is 0 Å². The molecule has 1 radical (unpaired) electrons. The van der Waals surface area contributed by atoms with Crippen LogP contribution < -0.4 is 0 Å². The Morgan fingerprint density at radius 2 is 2.17 bits per heavy atom. The summed E-state index contributed by atoms with van der Waals surface area (Å²) in [5.41, 5.74) is 0. The molecule has 1 unspecified atom stereocenters. The first-order valence-corrected chi connectivity index (χ1v) is 3.75. The normalized spacial score (nSPS) is 22.5. The Morgan fingerprint density at radius 3 is 2.17 bits per heavy atom. The lowest BCUT2D eigenvalue weighted by Gasteiger charge is -1.89. The second-order valence-corrected chi connectivity index (χ2v) is 4.67. The topological polar surface area (TPSA) is 0 Å². The molecule has 0 aromatic carbocycles. The van der Waals surface area contributed by atoms with Crippen LogP contribution in [-0.2, 0) is 0 Å². The van der Waals surface area contributed by atoms with E-state index >= 15 is 0 Å². The molecular formula is C4H5Br2. The maximum Gasteiger partial charge on any atom is 0.0728 e. The summed E-state index contributed by atoms with van der Waals surface area (Å²) in [6.45, 7) is 0. The summed E-state index contributed by atoms with van der Waals surface area (Å²) in [5, 5.41) is 0. The van der Waals surface area contributed by atoms with Crippen LogP contribution >= 0.6 is 31.9 Å². The molecule has 0 aromatic rings. The van der Waals surface area contributed by atoms with Gasteiger partial charge in [0.05, 0.1) is 3.74 Å². The van der Waals surface area contributed by atoms with Crippen molar-refractivity contribution in [3.8, 4) is 0 Å². The van der Waals surface area contributed by atoms with Gasteiger partial charge < -0.3 is 0 Å². The van der Waals surface area contributed by atoms with Crippen molar-refractivity contribution in [1.29, 1.82) is 0 Å². The van der Waals surface area contributed by atoms with Crippen LogP contribution in [0.2, 0.25) is 0 Å². The molecule has 0 bridgehead atoms. The monoisotopic (exact) mass is 211 g/mol. The van der Waals surface area contributed by atoms with Crippen molar-refractivity contribution in [3.63, 3.8) is 0 Å². The molecule has 0 saturated heterocycles. The first-order valence-electron chi connectivity index (χ1n) is 1.92. The van der Waals surface area contributed by atoms with Gasteiger partial charge in [0.1, 0.15) is 0 Å². The molecule has 1 atom stereocenters. The fraction of sp³-hybridized carbons (Fsp3) is 0.750. The smallest absolute Gasteiger partial charge is 0.0728 e. The summed E-state index contributed by atoms with van der Waals surface area (Å²) in [4.78, 5) is 0. The van der Waals surface area contributed by atoms with E-state index in [1.54, 1.807) is 0 Å². The number of halogens is 2. The van der Waals surface area contributed by atoms with Crippen LogP contribution in [0, 0.1) is 12.3 Å². The zero-order valence-electron chi connectivity index (χ0n) is 3.20. The predicted molar refractivity (Wildman–Crippen MR) is 34.0 cm³/mol. The van der Waals surface area contributed by atoms with E-state index in [-0.39, 0.29) is 0 Å². The minimum atomic E-state index is 0.532. The Labute approximate surface area is 54.6 Å². The van der Waals surface area contributed by atoms with Gasteiger partial charge in [0.2, 0.25) is 0 Å². The SMILES string of the molecule is BrC(Br)C1[CH]C1. The highest BCUT2D eigenvalue weighted by molar-refractivity contribution is 9.24. The average Bonchev–Trinajstić information content (AvgIpc) is 2.06. The number of hydrogen-bond donors (Lipinski definition) is 0. The maximum absolute atomic E-state index is 3.39. The third-order valence-corrected chi connectivity index (χ3v) is 2.19. The Kier molecular flexibility index (Phi) is 1.55. The molecule has 1 aliphatic rings.